The Kier molecular flexibility index (Phi) is 24.3. The molecule has 7 saturated heterocycles. The minimum atomic E-state index is -1.95. The van der Waals surface area contributed by atoms with Crippen LogP contribution in [0.15, 0.2) is 11.6 Å². The van der Waals surface area contributed by atoms with Crippen molar-refractivity contribution >= 4 is 5.97 Å². The van der Waals surface area contributed by atoms with Gasteiger partial charge >= 0.3 is 5.97 Å². The largest absolute Gasteiger partial charge is 0.432 e. The van der Waals surface area contributed by atoms with Gasteiger partial charge in [-0.3, -0.25) is 4.79 Å². The van der Waals surface area contributed by atoms with E-state index in [2.05, 4.69) is 54.5 Å². The van der Waals surface area contributed by atoms with Gasteiger partial charge in [0.15, 0.2) is 37.7 Å². The molecule has 105 heavy (non-hydrogen) atoms. The Balaban J connectivity index is 0.725. The molecule has 0 amide bonds. The number of carbonyl (C=O) groups is 1. The van der Waals surface area contributed by atoms with E-state index in [1.54, 1.807) is 0 Å². The molecule has 0 spiro atoms. The molecule has 0 aromatic rings. The molecule has 7 heterocycles. The molecular formula is C71H116O34. The number of hydrogen-bond donors (Lipinski definition) is 19. The van der Waals surface area contributed by atoms with Crippen LogP contribution in [-0.2, 0) is 71.1 Å². The summed E-state index contributed by atoms with van der Waals surface area (Å²) >= 11 is 0. The van der Waals surface area contributed by atoms with Crippen molar-refractivity contribution in [3.05, 3.63) is 11.6 Å². The minimum Gasteiger partial charge on any atom is -0.432 e. The maximum absolute atomic E-state index is 15.4. The lowest BCUT2D eigenvalue weighted by molar-refractivity contribution is -0.387. The molecule has 12 aliphatic rings. The maximum atomic E-state index is 15.4. The first kappa shape index (κ1) is 82.4. The second-order valence-electron chi connectivity index (χ2n) is 34.2. The van der Waals surface area contributed by atoms with Crippen molar-refractivity contribution in [1.82, 2.24) is 0 Å². The van der Waals surface area contributed by atoms with Crippen LogP contribution >= 0.6 is 0 Å². The van der Waals surface area contributed by atoms with Crippen LogP contribution in [-0.4, -0.2) is 344 Å². The van der Waals surface area contributed by atoms with Gasteiger partial charge in [0.1, 0.15) is 146 Å². The van der Waals surface area contributed by atoms with E-state index >= 15 is 4.79 Å². The molecule has 19 N–H and O–H groups in total. The Labute approximate surface area is 608 Å². The number of aliphatic hydroxyl groups is 19. The van der Waals surface area contributed by atoms with Crippen molar-refractivity contribution in [2.75, 3.05) is 26.4 Å². The highest BCUT2D eigenvalue weighted by molar-refractivity contribution is 5.79. The van der Waals surface area contributed by atoms with Crippen LogP contribution in [0.5, 0.6) is 0 Å². The molecule has 0 radical (unpaired) electrons. The van der Waals surface area contributed by atoms with E-state index in [1.807, 2.05) is 0 Å². The Bertz CT molecular complexity index is 2990. The van der Waals surface area contributed by atoms with Gasteiger partial charge in [0.25, 0.3) is 0 Å². The van der Waals surface area contributed by atoms with E-state index in [4.69, 9.17) is 66.3 Å². The third-order valence-corrected chi connectivity index (χ3v) is 27.3. The SMILES string of the molecule is C[C@H]1O[C@@H](O[C@H]2[C@H](O)[C@H](O)[C@H](O[C@@H]3CO[C@H](O[C@H]4CC[C@]5(C)[C@H](CC[C@@]6(C)[C@@H]5CC=C5[C@@H]7CC(C)(C)CC[C@]7(C(=O)O[C@H]7O[C@H](CO[C@H]8O[C@H](CO)[C@H](O[C@H]9O[C@H](C)[C@@H](O)[C@H](O)[C@H]9O)[C@H](O)[C@H]8O)[C@@H](O)[C@@H](O)[C@@H]7O)CC[C@@]56C)C4(C)C)[C@@H](O[C@@H]4O[C@H](C)[C@@H](O)[C@H](O)[C@@H]4O)[C@H]3O)O[C@@H]2CO)[C@@H](O)[C@H](O)[C@H]1O. The Morgan fingerprint density at radius 3 is 1.46 bits per heavy atom. The van der Waals surface area contributed by atoms with Gasteiger partial charge in [-0.25, -0.2) is 0 Å². The molecular weight excluding hydrogens is 1400 g/mol. The fourth-order valence-electron chi connectivity index (χ4n) is 20.4. The lowest BCUT2D eigenvalue weighted by Crippen LogP contribution is -2.67. The van der Waals surface area contributed by atoms with Crippen LogP contribution in [0.25, 0.3) is 0 Å². The summed E-state index contributed by atoms with van der Waals surface area (Å²) in [6, 6.07) is 0. The highest BCUT2D eigenvalue weighted by Gasteiger charge is 2.71. The van der Waals surface area contributed by atoms with Crippen LogP contribution < -0.4 is 0 Å². The summed E-state index contributed by atoms with van der Waals surface area (Å²) in [7, 11) is 0. The van der Waals surface area contributed by atoms with E-state index in [0.29, 0.717) is 51.4 Å². The standard InChI is InChI=1S/C71H116O34/c1-26-38(74)43(79)49(85)59(94-26)102-55-31(22-72)97-58(53(89)47(55)83)92-24-33-41(77)46(82)52(88)63(99-33)105-65(91)71-19-17-66(4,5)21-30(71)29-11-12-36-68(8)15-14-37(67(6,7)35(68)13-16-70(36,10)69(29,9)18-20-71)101-64-57(104-61-51(87)45(81)40(76)28(3)96-61)42(78)34(25-93-64)100-62-54(90)48(84)56(32(23-73)98-62)103-60-50(86)44(80)39(75)27(2)95-60/h11,26-28,30-64,72-90H,12-25H2,1-10H3/t26-,27-,28-,30+,31-,32-,33-,34-,35-,36-,37+,38-,39+,40-,41-,42+,43+,44-,45+,46-,47-,48-,49-,50+,51+,52+,53-,54+,55+,56-,57+,58+,59-,60+,61+,62+,63-,64-,68-,69+,70+,71+/m1/s1. The zero-order chi connectivity index (χ0) is 76.6. The first-order valence-electron chi connectivity index (χ1n) is 37.3. The van der Waals surface area contributed by atoms with Gasteiger partial charge in [-0.05, 0) is 130 Å². The summed E-state index contributed by atoms with van der Waals surface area (Å²) in [5.41, 5.74) is -1.80. The van der Waals surface area contributed by atoms with Gasteiger partial charge in [-0.2, -0.15) is 0 Å². The monoisotopic (exact) mass is 1510 g/mol. The Hall–Kier alpha value is -2.07. The molecule has 0 bridgehead atoms. The number of rotatable bonds is 17. The third kappa shape index (κ3) is 14.5. The number of aliphatic hydroxyl groups excluding tert-OH is 19. The van der Waals surface area contributed by atoms with Crippen molar-refractivity contribution < 1.29 is 168 Å². The minimum absolute atomic E-state index is 0.0322. The van der Waals surface area contributed by atoms with Crippen LogP contribution in [0.2, 0.25) is 0 Å². The van der Waals surface area contributed by atoms with E-state index in [9.17, 15) is 97.0 Å². The molecule has 604 valence electrons. The quantitative estimate of drug-likeness (QED) is 0.0369. The van der Waals surface area contributed by atoms with Crippen molar-refractivity contribution in [1.29, 1.82) is 0 Å². The molecule has 0 aromatic carbocycles. The van der Waals surface area contributed by atoms with E-state index < -0.39 is 264 Å². The normalized spacial score (nSPS) is 55.0. The summed E-state index contributed by atoms with van der Waals surface area (Å²) in [4.78, 5) is 15.4. The number of esters is 1. The fourth-order valence-corrected chi connectivity index (χ4v) is 20.4. The summed E-state index contributed by atoms with van der Waals surface area (Å²) in [6.07, 6.45) is -47.5. The lowest BCUT2D eigenvalue weighted by Gasteiger charge is -2.71. The number of allylic oxidation sites excluding steroid dienone is 2. The van der Waals surface area contributed by atoms with E-state index in [0.717, 1.165) is 12.8 Å². The van der Waals surface area contributed by atoms with Gasteiger partial charge in [-0.1, -0.05) is 60.1 Å². The topological polar surface area (TPSA) is 531 Å². The second kappa shape index (κ2) is 31.0. The molecule has 7 aliphatic heterocycles. The van der Waals surface area contributed by atoms with Gasteiger partial charge in [-0.15, -0.1) is 0 Å². The molecule has 5 aliphatic carbocycles. The van der Waals surface area contributed by atoms with Crippen LogP contribution in [0.1, 0.15) is 133 Å². The van der Waals surface area contributed by atoms with Gasteiger partial charge in [0.2, 0.25) is 6.29 Å². The maximum Gasteiger partial charge on any atom is 0.315 e. The summed E-state index contributed by atoms with van der Waals surface area (Å²) in [5, 5.41) is 208. The molecule has 4 saturated carbocycles. The highest BCUT2D eigenvalue weighted by Crippen LogP contribution is 2.76. The lowest BCUT2D eigenvalue weighted by atomic mass is 9.33. The van der Waals surface area contributed by atoms with Gasteiger partial charge in [0.05, 0.1) is 56.3 Å². The molecule has 0 aromatic heterocycles. The molecule has 34 heteroatoms. The second-order valence-corrected chi connectivity index (χ2v) is 34.2. The highest BCUT2D eigenvalue weighted by atomic mass is 16.8. The predicted octanol–water partition coefficient (Wildman–Crippen LogP) is -4.84. The first-order chi connectivity index (χ1) is 49.2. The Morgan fingerprint density at radius 2 is 0.914 bits per heavy atom. The zero-order valence-electron chi connectivity index (χ0n) is 61.0. The van der Waals surface area contributed by atoms with Crippen LogP contribution in [0, 0.1) is 50.2 Å². The molecule has 0 unspecified atom stereocenters. The number of ether oxygens (including phenoxy) is 14. The molecule has 42 atom stereocenters. The molecule has 11 fully saturated rings. The zero-order valence-corrected chi connectivity index (χ0v) is 61.0. The van der Waals surface area contributed by atoms with Crippen molar-refractivity contribution in [2.45, 2.75) is 348 Å². The van der Waals surface area contributed by atoms with E-state index in [1.165, 1.54) is 26.3 Å². The number of carbonyl (C=O) groups excluding carboxylic acids is 1. The number of fused-ring (bicyclic) bond motifs is 7. The average molecular weight is 1510 g/mol. The predicted molar refractivity (Wildman–Crippen MR) is 350 cm³/mol. The molecule has 34 nitrogen and oxygen atoms in total. The van der Waals surface area contributed by atoms with Crippen LogP contribution in [0.3, 0.4) is 0 Å². The van der Waals surface area contributed by atoms with Crippen LogP contribution in [0.4, 0.5) is 0 Å². The van der Waals surface area contributed by atoms with Gasteiger partial charge < -0.3 is 163 Å². The Morgan fingerprint density at radius 1 is 0.448 bits per heavy atom. The van der Waals surface area contributed by atoms with E-state index in [-0.39, 0.29) is 34.0 Å². The summed E-state index contributed by atoms with van der Waals surface area (Å²) in [5.74, 6) is -0.810. The summed E-state index contributed by atoms with van der Waals surface area (Å²) < 4.78 is 84.1. The van der Waals surface area contributed by atoms with Crippen molar-refractivity contribution in [3.63, 3.8) is 0 Å². The summed E-state index contributed by atoms with van der Waals surface area (Å²) in [6.45, 7) is 17.2. The van der Waals surface area contributed by atoms with Gasteiger partial charge in [0, 0.05) is 0 Å². The third-order valence-electron chi connectivity index (χ3n) is 27.3. The van der Waals surface area contributed by atoms with Crippen molar-refractivity contribution in [3.8, 4) is 0 Å². The molecule has 12 rings (SSSR count). The first-order valence-corrected chi connectivity index (χ1v) is 37.3. The van der Waals surface area contributed by atoms with Crippen molar-refractivity contribution in [2.24, 2.45) is 50.2 Å². The average Bonchev–Trinajstić information content (AvgIpc) is 0.671. The fraction of sp³-hybridized carbons (Fsp3) is 0.958. The smallest absolute Gasteiger partial charge is 0.315 e. The number of hydrogen-bond acceptors (Lipinski definition) is 34.